The quantitative estimate of drug-likeness (QED) is 0.606. The molecule has 6 nitrogen and oxygen atoms in total. The highest BCUT2D eigenvalue weighted by Crippen LogP contribution is 2.40. The van der Waals surface area contributed by atoms with Crippen molar-refractivity contribution in [3.05, 3.63) is 27.9 Å². The molecule has 3 rings (SSSR count). The third-order valence-electron chi connectivity index (χ3n) is 4.78. The number of ether oxygens (including phenoxy) is 1. The van der Waals surface area contributed by atoms with Crippen molar-refractivity contribution in [1.29, 1.82) is 0 Å². The van der Waals surface area contributed by atoms with E-state index in [1.54, 1.807) is 17.5 Å². The molecule has 1 aliphatic rings. The molecule has 8 heteroatoms. The second-order valence-electron chi connectivity index (χ2n) is 6.59. The summed E-state index contributed by atoms with van der Waals surface area (Å²) in [6, 6.07) is 0. The van der Waals surface area contributed by atoms with Crippen LogP contribution < -0.4 is 10.6 Å². The number of fused-ring (bicyclic) bond motifs is 1. The summed E-state index contributed by atoms with van der Waals surface area (Å²) in [6.45, 7) is 7.08. The molecular weight excluding hydrogens is 368 g/mol. The lowest BCUT2D eigenvalue weighted by Crippen LogP contribution is -2.20. The van der Waals surface area contributed by atoms with Crippen molar-refractivity contribution >= 4 is 45.3 Å². The number of thiophene rings is 1. The molecule has 0 spiro atoms. The van der Waals surface area contributed by atoms with Crippen LogP contribution in [0.25, 0.3) is 0 Å². The van der Waals surface area contributed by atoms with Gasteiger partial charge in [-0.1, -0.05) is 6.92 Å². The van der Waals surface area contributed by atoms with Crippen LogP contribution in [-0.2, 0) is 24.1 Å². The highest BCUT2D eigenvalue weighted by molar-refractivity contribution is 7.80. The van der Waals surface area contributed by atoms with Gasteiger partial charge >= 0.3 is 5.97 Å². The van der Waals surface area contributed by atoms with Gasteiger partial charge in [0.25, 0.3) is 0 Å². The first kappa shape index (κ1) is 18.8. The van der Waals surface area contributed by atoms with Crippen LogP contribution in [0.5, 0.6) is 0 Å². The first-order valence-corrected chi connectivity index (χ1v) is 10.00. The molecule has 0 amide bonds. The summed E-state index contributed by atoms with van der Waals surface area (Å²) in [6.07, 6.45) is 4.75. The van der Waals surface area contributed by atoms with Gasteiger partial charge in [0.05, 0.1) is 30.3 Å². The number of hydrogen-bond donors (Lipinski definition) is 2. The van der Waals surface area contributed by atoms with E-state index in [4.69, 9.17) is 17.0 Å². The van der Waals surface area contributed by atoms with Crippen molar-refractivity contribution in [2.24, 2.45) is 5.92 Å². The van der Waals surface area contributed by atoms with Gasteiger partial charge in [0.15, 0.2) is 5.11 Å². The van der Waals surface area contributed by atoms with Gasteiger partial charge in [-0.2, -0.15) is 5.10 Å². The highest BCUT2D eigenvalue weighted by atomic mass is 32.1. The molecule has 0 aliphatic heterocycles. The van der Waals surface area contributed by atoms with E-state index in [1.165, 1.54) is 12.0 Å². The summed E-state index contributed by atoms with van der Waals surface area (Å²) in [5.74, 6) is 0.324. The van der Waals surface area contributed by atoms with Crippen molar-refractivity contribution in [1.82, 2.24) is 9.78 Å². The molecular formula is C18H24N4O2S2. The van der Waals surface area contributed by atoms with E-state index >= 15 is 0 Å². The first-order valence-electron chi connectivity index (χ1n) is 8.77. The number of rotatable bonds is 4. The molecule has 2 heterocycles. The number of nitrogens with zero attached hydrogens (tertiary/aromatic N) is 2. The van der Waals surface area contributed by atoms with Crippen LogP contribution in [0.4, 0.5) is 10.7 Å². The minimum atomic E-state index is -0.308. The van der Waals surface area contributed by atoms with Gasteiger partial charge in [-0.25, -0.2) is 4.79 Å². The maximum Gasteiger partial charge on any atom is 0.341 e. The number of methoxy groups -OCH3 is 1. The maximum atomic E-state index is 12.4. The fourth-order valence-corrected chi connectivity index (χ4v) is 4.98. The number of nitrogens with one attached hydrogen (secondary N) is 2. The van der Waals surface area contributed by atoms with Gasteiger partial charge in [-0.15, -0.1) is 11.3 Å². The molecule has 2 N–H and O–H groups in total. The van der Waals surface area contributed by atoms with Crippen molar-refractivity contribution in [3.63, 3.8) is 0 Å². The fraction of sp³-hybridized carbons (Fsp3) is 0.500. The summed E-state index contributed by atoms with van der Waals surface area (Å²) in [7, 11) is 1.42. The second-order valence-corrected chi connectivity index (χ2v) is 8.10. The lowest BCUT2D eigenvalue weighted by molar-refractivity contribution is 0.0601. The Balaban J connectivity index is 1.83. The molecule has 2 aromatic heterocycles. The number of aromatic nitrogens is 2. The molecule has 26 heavy (non-hydrogen) atoms. The number of carbonyl (C=O) groups excluding carboxylic acids is 1. The molecule has 2 aromatic rings. The number of hydrogen-bond acceptors (Lipinski definition) is 5. The number of carbonyl (C=O) groups is 1. The zero-order chi connectivity index (χ0) is 18.8. The van der Waals surface area contributed by atoms with Gasteiger partial charge in [-0.05, 0) is 56.8 Å². The van der Waals surface area contributed by atoms with Crippen LogP contribution in [0.2, 0.25) is 0 Å². The van der Waals surface area contributed by atoms with Crippen molar-refractivity contribution in [3.8, 4) is 0 Å². The zero-order valence-electron chi connectivity index (χ0n) is 15.5. The SMILES string of the molecule is CCn1ncc(NC(=S)Nc2sc3c(c2C(=O)OC)CCC(C)C3)c1C. The average molecular weight is 393 g/mol. The van der Waals surface area contributed by atoms with E-state index < -0.39 is 0 Å². The van der Waals surface area contributed by atoms with E-state index in [9.17, 15) is 4.79 Å². The molecule has 1 unspecified atom stereocenters. The standard InChI is InChI=1S/C18H24N4O2S2/c1-5-22-11(3)13(9-19-22)20-18(25)21-16-15(17(23)24-4)12-7-6-10(2)8-14(12)26-16/h9-10H,5-8H2,1-4H3,(H2,20,21,25). The smallest absolute Gasteiger partial charge is 0.341 e. The molecule has 140 valence electrons. The Labute approximate surface area is 162 Å². The maximum absolute atomic E-state index is 12.4. The van der Waals surface area contributed by atoms with E-state index in [1.807, 2.05) is 18.5 Å². The van der Waals surface area contributed by atoms with Crippen LogP contribution in [0.3, 0.4) is 0 Å². The lowest BCUT2D eigenvalue weighted by atomic mass is 9.88. The Hall–Kier alpha value is -1.93. The third kappa shape index (κ3) is 3.61. The minimum absolute atomic E-state index is 0.308. The Morgan fingerprint density at radius 2 is 2.27 bits per heavy atom. The lowest BCUT2D eigenvalue weighted by Gasteiger charge is -2.18. The highest BCUT2D eigenvalue weighted by Gasteiger charge is 2.28. The van der Waals surface area contributed by atoms with Crippen molar-refractivity contribution in [2.75, 3.05) is 17.7 Å². The Morgan fingerprint density at radius 3 is 2.92 bits per heavy atom. The first-order chi connectivity index (χ1) is 12.4. The molecule has 0 fully saturated rings. The van der Waals surface area contributed by atoms with Crippen LogP contribution >= 0.6 is 23.6 Å². The average Bonchev–Trinajstić information content (AvgIpc) is 3.13. The molecule has 0 saturated carbocycles. The summed E-state index contributed by atoms with van der Waals surface area (Å²) >= 11 is 7.07. The van der Waals surface area contributed by atoms with Gasteiger partial charge in [0.2, 0.25) is 0 Å². The molecule has 0 bridgehead atoms. The molecule has 0 aromatic carbocycles. The topological polar surface area (TPSA) is 68.2 Å². The predicted octanol–water partition coefficient (Wildman–Crippen LogP) is 3.99. The second kappa shape index (κ2) is 7.75. The fourth-order valence-electron chi connectivity index (χ4n) is 3.30. The largest absolute Gasteiger partial charge is 0.465 e. The van der Waals surface area contributed by atoms with Crippen LogP contribution in [0.1, 0.15) is 46.8 Å². The Morgan fingerprint density at radius 1 is 1.50 bits per heavy atom. The van der Waals surface area contributed by atoms with Gasteiger partial charge in [0.1, 0.15) is 5.00 Å². The van der Waals surface area contributed by atoms with Crippen LogP contribution in [0.15, 0.2) is 6.20 Å². The van der Waals surface area contributed by atoms with E-state index in [2.05, 4.69) is 22.7 Å². The molecule has 0 saturated heterocycles. The van der Waals surface area contributed by atoms with Crippen LogP contribution in [0, 0.1) is 12.8 Å². The Bertz CT molecular complexity index is 841. The van der Waals surface area contributed by atoms with E-state index in [0.29, 0.717) is 16.6 Å². The number of thiocarbonyl (C=S) groups is 1. The normalized spacial score (nSPS) is 16.1. The monoisotopic (exact) mass is 392 g/mol. The summed E-state index contributed by atoms with van der Waals surface area (Å²) in [4.78, 5) is 13.6. The number of anilines is 2. The third-order valence-corrected chi connectivity index (χ3v) is 6.15. The minimum Gasteiger partial charge on any atom is -0.465 e. The van der Waals surface area contributed by atoms with Crippen molar-refractivity contribution in [2.45, 2.75) is 46.6 Å². The summed E-state index contributed by atoms with van der Waals surface area (Å²) < 4.78 is 6.91. The molecule has 0 radical (unpaired) electrons. The Kier molecular flexibility index (Phi) is 5.62. The summed E-state index contributed by atoms with van der Waals surface area (Å²) in [5, 5.41) is 11.9. The van der Waals surface area contributed by atoms with Crippen molar-refractivity contribution < 1.29 is 9.53 Å². The van der Waals surface area contributed by atoms with E-state index in [-0.39, 0.29) is 5.97 Å². The zero-order valence-corrected chi connectivity index (χ0v) is 17.1. The molecule has 1 atom stereocenters. The number of aryl methyl sites for hydroxylation is 1. The summed E-state index contributed by atoms with van der Waals surface area (Å²) in [5.41, 5.74) is 3.62. The van der Waals surface area contributed by atoms with E-state index in [0.717, 1.165) is 47.8 Å². The number of esters is 1. The van der Waals surface area contributed by atoms with Gasteiger partial charge in [0, 0.05) is 11.4 Å². The predicted molar refractivity (Wildman–Crippen MR) is 109 cm³/mol. The molecule has 1 aliphatic carbocycles. The van der Waals surface area contributed by atoms with Gasteiger partial charge < -0.3 is 15.4 Å². The van der Waals surface area contributed by atoms with Gasteiger partial charge in [-0.3, -0.25) is 4.68 Å². The van der Waals surface area contributed by atoms with Crippen LogP contribution in [-0.4, -0.2) is 28.0 Å².